The lowest BCUT2D eigenvalue weighted by atomic mass is 10.1. The maximum Gasteiger partial charge on any atom is 0.182 e. The molecule has 7 heteroatoms. The Morgan fingerprint density at radius 1 is 1.36 bits per heavy atom. The highest BCUT2D eigenvalue weighted by atomic mass is 35.5. The fourth-order valence-corrected chi connectivity index (χ4v) is 3.84. The Balaban J connectivity index is 1.55. The highest BCUT2D eigenvalue weighted by Crippen LogP contribution is 2.40. The molecule has 0 bridgehead atoms. The summed E-state index contributed by atoms with van der Waals surface area (Å²) < 4.78 is 5.36. The number of rotatable bonds is 6. The Kier molecular flexibility index (Phi) is 4.75. The van der Waals surface area contributed by atoms with Crippen molar-refractivity contribution in [2.75, 3.05) is 32.6 Å². The van der Waals surface area contributed by atoms with Gasteiger partial charge in [0, 0.05) is 43.4 Å². The van der Waals surface area contributed by atoms with E-state index in [9.17, 15) is 4.79 Å². The van der Waals surface area contributed by atoms with Crippen LogP contribution in [0.3, 0.4) is 0 Å². The van der Waals surface area contributed by atoms with Gasteiger partial charge in [0.1, 0.15) is 11.5 Å². The van der Waals surface area contributed by atoms with Crippen LogP contribution < -0.4 is 9.64 Å². The summed E-state index contributed by atoms with van der Waals surface area (Å²) in [6.45, 7) is 0.645. The van der Waals surface area contributed by atoms with Gasteiger partial charge in [-0.2, -0.15) is 0 Å². The number of hydrogen-bond acceptors (Lipinski definition) is 5. The smallest absolute Gasteiger partial charge is 0.182 e. The van der Waals surface area contributed by atoms with E-state index >= 15 is 0 Å². The van der Waals surface area contributed by atoms with Gasteiger partial charge in [-0.3, -0.25) is 10.2 Å². The first-order valence-corrected chi connectivity index (χ1v) is 9.68. The number of amidine groups is 1. The summed E-state index contributed by atoms with van der Waals surface area (Å²) in [7, 11) is 5.30. The van der Waals surface area contributed by atoms with Gasteiger partial charge >= 0.3 is 0 Å². The second-order valence-corrected chi connectivity index (χ2v) is 7.96. The van der Waals surface area contributed by atoms with E-state index in [2.05, 4.69) is 11.1 Å². The Hall–Kier alpha value is -2.60. The van der Waals surface area contributed by atoms with E-state index in [1.165, 1.54) is 12.8 Å². The van der Waals surface area contributed by atoms with Crippen LogP contribution >= 0.6 is 11.6 Å². The lowest BCUT2D eigenvalue weighted by Crippen LogP contribution is -2.30. The van der Waals surface area contributed by atoms with Gasteiger partial charge in [0.25, 0.3) is 0 Å². The summed E-state index contributed by atoms with van der Waals surface area (Å²) in [6.07, 6.45) is 2.35. The number of carbonyl (C=O) groups excluding carboxylic acids is 1. The monoisotopic (exact) mass is 398 g/mol. The minimum Gasteiger partial charge on any atom is -0.493 e. The fourth-order valence-electron chi connectivity index (χ4n) is 3.55. The summed E-state index contributed by atoms with van der Waals surface area (Å²) >= 11 is 6.32. The van der Waals surface area contributed by atoms with Gasteiger partial charge in [-0.1, -0.05) is 17.7 Å². The van der Waals surface area contributed by atoms with Crippen molar-refractivity contribution in [1.82, 2.24) is 9.88 Å². The Labute approximate surface area is 169 Å². The first-order chi connectivity index (χ1) is 13.4. The van der Waals surface area contributed by atoms with Gasteiger partial charge in [-0.25, -0.2) is 4.98 Å². The average molecular weight is 399 g/mol. The van der Waals surface area contributed by atoms with Crippen LogP contribution in [-0.4, -0.2) is 49.3 Å². The number of halogens is 1. The first-order valence-electron chi connectivity index (χ1n) is 9.30. The number of nitrogens with one attached hydrogen (secondary N) is 1. The van der Waals surface area contributed by atoms with Crippen molar-refractivity contribution in [3.8, 4) is 5.75 Å². The summed E-state index contributed by atoms with van der Waals surface area (Å²) in [6, 6.07) is 7.51. The number of nitrogens with zero attached hydrogens (tertiary/aromatic N) is 3. The third kappa shape index (κ3) is 3.33. The highest BCUT2D eigenvalue weighted by molar-refractivity contribution is 6.33. The molecule has 0 saturated heterocycles. The average Bonchev–Trinajstić information content (AvgIpc) is 3.47. The van der Waals surface area contributed by atoms with Crippen LogP contribution in [0.1, 0.15) is 46.1 Å². The summed E-state index contributed by atoms with van der Waals surface area (Å²) in [5.74, 6) is 1.31. The molecule has 1 N–H and O–H groups in total. The Bertz CT molecular complexity index is 969. The quantitative estimate of drug-likeness (QED) is 0.751. The number of anilines is 1. The molecule has 1 aliphatic heterocycles. The maximum atomic E-state index is 12.9. The Morgan fingerprint density at radius 3 is 2.75 bits per heavy atom. The fraction of sp³-hybridized carbons (Fsp3) is 0.381. The molecule has 0 unspecified atom stereocenters. The molecule has 1 aromatic heterocycles. The van der Waals surface area contributed by atoms with Gasteiger partial charge in [-0.05, 0) is 31.0 Å². The molecule has 2 aromatic rings. The molecular formula is C21H23ClN4O2. The second kappa shape index (κ2) is 7.09. The zero-order valence-corrected chi connectivity index (χ0v) is 17.0. The third-order valence-electron chi connectivity index (χ3n) is 5.26. The molecule has 4 rings (SSSR count). The number of methoxy groups -OCH3 is 1. The largest absolute Gasteiger partial charge is 0.493 e. The van der Waals surface area contributed by atoms with Crippen molar-refractivity contribution >= 4 is 28.9 Å². The number of hydrogen-bond donors (Lipinski definition) is 1. The molecular weight excluding hydrogens is 376 g/mol. The van der Waals surface area contributed by atoms with Crippen LogP contribution in [0.15, 0.2) is 24.3 Å². The predicted molar refractivity (Wildman–Crippen MR) is 110 cm³/mol. The number of ether oxygens (including phenoxy) is 1. The SMILES string of the molecule is COc1c(Cl)cc(C(=O)CN2Cc3ccc(C4CC4)nc3C2=N)cc1N(C)C. The predicted octanol–water partition coefficient (Wildman–Crippen LogP) is 3.71. The van der Waals surface area contributed by atoms with E-state index in [1.54, 1.807) is 24.1 Å². The van der Waals surface area contributed by atoms with Crippen LogP contribution in [-0.2, 0) is 6.54 Å². The maximum absolute atomic E-state index is 12.9. The molecule has 1 aromatic carbocycles. The van der Waals surface area contributed by atoms with Gasteiger partial charge < -0.3 is 14.5 Å². The lowest BCUT2D eigenvalue weighted by molar-refractivity contribution is 0.0962. The molecule has 0 spiro atoms. The zero-order chi connectivity index (χ0) is 20.0. The summed E-state index contributed by atoms with van der Waals surface area (Å²) in [5.41, 5.74) is 4.02. The number of fused-ring (bicyclic) bond motifs is 1. The molecule has 28 heavy (non-hydrogen) atoms. The van der Waals surface area contributed by atoms with Gasteiger partial charge in [0.2, 0.25) is 0 Å². The minimum atomic E-state index is -0.0902. The third-order valence-corrected chi connectivity index (χ3v) is 5.54. The lowest BCUT2D eigenvalue weighted by Gasteiger charge is -2.20. The molecule has 1 saturated carbocycles. The summed E-state index contributed by atoms with van der Waals surface area (Å²) in [5, 5.41) is 8.87. The van der Waals surface area contributed by atoms with Crippen molar-refractivity contribution in [3.05, 3.63) is 51.8 Å². The van der Waals surface area contributed by atoms with Crippen LogP contribution in [0.5, 0.6) is 5.75 Å². The minimum absolute atomic E-state index is 0.0902. The van der Waals surface area contributed by atoms with Crippen LogP contribution in [0.4, 0.5) is 5.69 Å². The number of pyridine rings is 1. The van der Waals surface area contributed by atoms with Crippen molar-refractivity contribution in [2.45, 2.75) is 25.3 Å². The number of benzene rings is 1. The highest BCUT2D eigenvalue weighted by Gasteiger charge is 2.31. The van der Waals surface area contributed by atoms with Crippen molar-refractivity contribution in [3.63, 3.8) is 0 Å². The van der Waals surface area contributed by atoms with Crippen molar-refractivity contribution in [1.29, 1.82) is 5.41 Å². The molecule has 0 radical (unpaired) electrons. The summed E-state index contributed by atoms with van der Waals surface area (Å²) in [4.78, 5) is 21.2. The van der Waals surface area contributed by atoms with Crippen LogP contribution in [0.2, 0.25) is 5.02 Å². The molecule has 1 fully saturated rings. The number of carbonyl (C=O) groups is 1. The van der Waals surface area contributed by atoms with E-state index in [-0.39, 0.29) is 12.3 Å². The number of Topliss-reactive ketones (excluding diaryl/α,β-unsaturated/α-hetero) is 1. The standard InChI is InChI=1S/C21H23ClN4O2/c1-25(2)17-9-14(8-15(22)20(17)28-3)18(27)11-26-10-13-6-7-16(12-4-5-12)24-19(13)21(26)23/h6-9,12,23H,4-5,10-11H2,1-3H3. The van der Waals surface area contributed by atoms with E-state index in [0.717, 1.165) is 16.9 Å². The van der Waals surface area contributed by atoms with E-state index < -0.39 is 0 Å². The number of ketones is 1. The molecule has 2 heterocycles. The van der Waals surface area contributed by atoms with Crippen LogP contribution in [0.25, 0.3) is 0 Å². The van der Waals surface area contributed by atoms with E-state index in [1.807, 2.05) is 25.1 Å². The molecule has 1 aliphatic carbocycles. The first kappa shape index (κ1) is 18.7. The topological polar surface area (TPSA) is 69.5 Å². The van der Waals surface area contributed by atoms with E-state index in [4.69, 9.17) is 21.7 Å². The molecule has 0 atom stereocenters. The Morgan fingerprint density at radius 2 is 2.11 bits per heavy atom. The molecule has 146 valence electrons. The van der Waals surface area contributed by atoms with Crippen molar-refractivity contribution < 1.29 is 9.53 Å². The normalized spacial score (nSPS) is 15.6. The van der Waals surface area contributed by atoms with Crippen LogP contribution in [0, 0.1) is 5.41 Å². The molecule has 6 nitrogen and oxygen atoms in total. The van der Waals surface area contributed by atoms with Crippen molar-refractivity contribution in [2.24, 2.45) is 0 Å². The molecule has 2 aliphatic rings. The van der Waals surface area contributed by atoms with Gasteiger partial charge in [0.05, 0.1) is 24.4 Å². The molecule has 0 amide bonds. The van der Waals surface area contributed by atoms with Gasteiger partial charge in [-0.15, -0.1) is 0 Å². The zero-order valence-electron chi connectivity index (χ0n) is 16.3. The van der Waals surface area contributed by atoms with E-state index in [0.29, 0.717) is 40.3 Å². The number of aromatic nitrogens is 1. The van der Waals surface area contributed by atoms with Gasteiger partial charge in [0.15, 0.2) is 11.5 Å². The second-order valence-electron chi connectivity index (χ2n) is 7.55.